The molecular formula is C15H21NO3. The second-order valence-electron chi connectivity index (χ2n) is 4.61. The Morgan fingerprint density at radius 1 is 1.21 bits per heavy atom. The molecule has 1 aromatic carbocycles. The SMILES string of the molecule is COC(=O)CCNC(=O)CCc1ccc(C)cc1C. The Kier molecular flexibility index (Phi) is 6.06. The summed E-state index contributed by atoms with van der Waals surface area (Å²) in [4.78, 5) is 22.5. The fourth-order valence-electron chi connectivity index (χ4n) is 1.87. The largest absolute Gasteiger partial charge is 0.469 e. The van der Waals surface area contributed by atoms with Gasteiger partial charge in [-0.05, 0) is 31.4 Å². The van der Waals surface area contributed by atoms with E-state index in [2.05, 4.69) is 42.1 Å². The average molecular weight is 263 g/mol. The zero-order chi connectivity index (χ0) is 14.3. The molecule has 0 aliphatic heterocycles. The Labute approximate surface area is 114 Å². The van der Waals surface area contributed by atoms with E-state index in [1.54, 1.807) is 0 Å². The summed E-state index contributed by atoms with van der Waals surface area (Å²) in [5.74, 6) is -0.349. The maximum atomic E-state index is 11.6. The van der Waals surface area contributed by atoms with Crippen LogP contribution in [0.4, 0.5) is 0 Å². The first-order valence-corrected chi connectivity index (χ1v) is 6.42. The van der Waals surface area contributed by atoms with Crippen molar-refractivity contribution in [1.82, 2.24) is 5.32 Å². The Balaban J connectivity index is 2.32. The van der Waals surface area contributed by atoms with E-state index in [9.17, 15) is 9.59 Å². The number of aryl methyl sites for hydroxylation is 3. The van der Waals surface area contributed by atoms with Crippen molar-refractivity contribution in [1.29, 1.82) is 0 Å². The Morgan fingerprint density at radius 2 is 1.95 bits per heavy atom. The van der Waals surface area contributed by atoms with Gasteiger partial charge in [0.2, 0.25) is 5.91 Å². The lowest BCUT2D eigenvalue weighted by Crippen LogP contribution is -2.26. The van der Waals surface area contributed by atoms with Crippen LogP contribution in [0.25, 0.3) is 0 Å². The van der Waals surface area contributed by atoms with Crippen LogP contribution < -0.4 is 5.32 Å². The molecule has 0 aliphatic rings. The number of ether oxygens (including phenoxy) is 1. The minimum absolute atomic E-state index is 0.0381. The van der Waals surface area contributed by atoms with Crippen molar-refractivity contribution in [3.05, 3.63) is 34.9 Å². The second kappa shape index (κ2) is 7.56. The van der Waals surface area contributed by atoms with E-state index >= 15 is 0 Å². The molecule has 1 N–H and O–H groups in total. The molecule has 0 spiro atoms. The molecule has 0 atom stereocenters. The molecule has 4 nitrogen and oxygen atoms in total. The smallest absolute Gasteiger partial charge is 0.307 e. The minimum atomic E-state index is -0.310. The summed E-state index contributed by atoms with van der Waals surface area (Å²) in [6, 6.07) is 6.23. The number of methoxy groups -OCH3 is 1. The zero-order valence-corrected chi connectivity index (χ0v) is 11.8. The number of esters is 1. The fourth-order valence-corrected chi connectivity index (χ4v) is 1.87. The summed E-state index contributed by atoms with van der Waals surface area (Å²) in [6.45, 7) is 4.44. The highest BCUT2D eigenvalue weighted by molar-refractivity contribution is 5.77. The third-order valence-corrected chi connectivity index (χ3v) is 3.00. The van der Waals surface area contributed by atoms with Crippen LogP contribution in [0.2, 0.25) is 0 Å². The molecular weight excluding hydrogens is 242 g/mol. The van der Waals surface area contributed by atoms with Crippen LogP contribution in [0.1, 0.15) is 29.5 Å². The fraction of sp³-hybridized carbons (Fsp3) is 0.467. The molecule has 1 aromatic rings. The molecule has 19 heavy (non-hydrogen) atoms. The number of amides is 1. The van der Waals surface area contributed by atoms with E-state index < -0.39 is 0 Å². The van der Waals surface area contributed by atoms with Gasteiger partial charge in [0.1, 0.15) is 0 Å². The molecule has 0 aliphatic carbocycles. The number of nitrogens with one attached hydrogen (secondary N) is 1. The maximum absolute atomic E-state index is 11.6. The molecule has 0 aromatic heterocycles. The molecule has 1 rings (SSSR count). The summed E-state index contributed by atoms with van der Waals surface area (Å²) in [6.07, 6.45) is 1.37. The van der Waals surface area contributed by atoms with Crippen molar-refractivity contribution >= 4 is 11.9 Å². The molecule has 0 bridgehead atoms. The zero-order valence-electron chi connectivity index (χ0n) is 11.8. The third kappa shape index (κ3) is 5.55. The Bertz CT molecular complexity index is 455. The lowest BCUT2D eigenvalue weighted by molar-refractivity contribution is -0.140. The summed E-state index contributed by atoms with van der Waals surface area (Å²) in [5.41, 5.74) is 3.62. The van der Waals surface area contributed by atoms with Gasteiger partial charge in [0.15, 0.2) is 0 Å². The molecule has 0 saturated carbocycles. The first-order valence-electron chi connectivity index (χ1n) is 6.42. The van der Waals surface area contributed by atoms with Crippen LogP contribution in [0.3, 0.4) is 0 Å². The highest BCUT2D eigenvalue weighted by Crippen LogP contribution is 2.12. The number of carbonyl (C=O) groups is 2. The summed E-state index contributed by atoms with van der Waals surface area (Å²) in [5, 5.41) is 2.71. The van der Waals surface area contributed by atoms with E-state index in [4.69, 9.17) is 0 Å². The standard InChI is InChI=1S/C15H21NO3/c1-11-4-5-13(12(2)10-11)6-7-14(17)16-9-8-15(18)19-3/h4-5,10H,6-9H2,1-3H3,(H,16,17). The molecule has 0 unspecified atom stereocenters. The first kappa shape index (κ1) is 15.2. The summed E-state index contributed by atoms with van der Waals surface area (Å²) >= 11 is 0. The van der Waals surface area contributed by atoms with Gasteiger partial charge in [-0.2, -0.15) is 0 Å². The molecule has 0 saturated heterocycles. The van der Waals surface area contributed by atoms with Gasteiger partial charge in [0.25, 0.3) is 0 Å². The van der Waals surface area contributed by atoms with Crippen LogP contribution >= 0.6 is 0 Å². The molecule has 4 heteroatoms. The average Bonchev–Trinajstić information content (AvgIpc) is 2.37. The van der Waals surface area contributed by atoms with Crippen LogP contribution in [-0.4, -0.2) is 25.5 Å². The molecule has 0 radical (unpaired) electrons. The number of rotatable bonds is 6. The quantitative estimate of drug-likeness (QED) is 0.798. The highest BCUT2D eigenvalue weighted by Gasteiger charge is 2.05. The van der Waals surface area contributed by atoms with Gasteiger partial charge < -0.3 is 10.1 Å². The van der Waals surface area contributed by atoms with Gasteiger partial charge in [-0.25, -0.2) is 0 Å². The topological polar surface area (TPSA) is 55.4 Å². The Hall–Kier alpha value is -1.84. The van der Waals surface area contributed by atoms with Crippen molar-refractivity contribution in [2.45, 2.75) is 33.1 Å². The predicted molar refractivity (Wildman–Crippen MR) is 73.9 cm³/mol. The van der Waals surface area contributed by atoms with E-state index in [1.807, 2.05) is 0 Å². The monoisotopic (exact) mass is 263 g/mol. The van der Waals surface area contributed by atoms with Gasteiger partial charge >= 0.3 is 5.97 Å². The van der Waals surface area contributed by atoms with Crippen LogP contribution in [0.5, 0.6) is 0 Å². The van der Waals surface area contributed by atoms with Gasteiger partial charge in [-0.1, -0.05) is 23.8 Å². The van der Waals surface area contributed by atoms with Crippen LogP contribution in [-0.2, 0) is 20.7 Å². The van der Waals surface area contributed by atoms with E-state index in [1.165, 1.54) is 23.8 Å². The lowest BCUT2D eigenvalue weighted by atomic mass is 10.0. The lowest BCUT2D eigenvalue weighted by Gasteiger charge is -2.07. The van der Waals surface area contributed by atoms with Crippen molar-refractivity contribution in [2.75, 3.05) is 13.7 Å². The molecule has 0 heterocycles. The van der Waals surface area contributed by atoms with Gasteiger partial charge in [-0.15, -0.1) is 0 Å². The number of hydrogen-bond acceptors (Lipinski definition) is 3. The van der Waals surface area contributed by atoms with Crippen LogP contribution in [0.15, 0.2) is 18.2 Å². The van der Waals surface area contributed by atoms with Crippen molar-refractivity contribution < 1.29 is 14.3 Å². The maximum Gasteiger partial charge on any atom is 0.307 e. The van der Waals surface area contributed by atoms with Crippen molar-refractivity contribution in [2.24, 2.45) is 0 Å². The molecule has 0 fully saturated rings. The highest BCUT2D eigenvalue weighted by atomic mass is 16.5. The minimum Gasteiger partial charge on any atom is -0.469 e. The van der Waals surface area contributed by atoms with Crippen molar-refractivity contribution in [3.8, 4) is 0 Å². The Morgan fingerprint density at radius 3 is 2.58 bits per heavy atom. The number of carbonyl (C=O) groups excluding carboxylic acids is 2. The van der Waals surface area contributed by atoms with Gasteiger partial charge in [-0.3, -0.25) is 9.59 Å². The normalized spacial score (nSPS) is 10.1. The summed E-state index contributed by atoms with van der Waals surface area (Å²) in [7, 11) is 1.34. The third-order valence-electron chi connectivity index (χ3n) is 3.00. The number of hydrogen-bond donors (Lipinski definition) is 1. The first-order chi connectivity index (χ1) is 9.02. The van der Waals surface area contributed by atoms with Crippen molar-refractivity contribution in [3.63, 3.8) is 0 Å². The van der Waals surface area contributed by atoms with Gasteiger partial charge in [0.05, 0.1) is 13.5 Å². The summed E-state index contributed by atoms with van der Waals surface area (Å²) < 4.78 is 4.50. The van der Waals surface area contributed by atoms with Crippen LogP contribution in [0, 0.1) is 13.8 Å². The van der Waals surface area contributed by atoms with E-state index in [0.717, 1.165) is 6.42 Å². The second-order valence-corrected chi connectivity index (χ2v) is 4.61. The van der Waals surface area contributed by atoms with E-state index in [0.29, 0.717) is 13.0 Å². The van der Waals surface area contributed by atoms with Gasteiger partial charge in [0, 0.05) is 13.0 Å². The predicted octanol–water partition coefficient (Wildman–Crippen LogP) is 1.92. The number of benzene rings is 1. The molecule has 104 valence electrons. The van der Waals surface area contributed by atoms with E-state index in [-0.39, 0.29) is 18.3 Å². The molecule has 1 amide bonds.